The molecule has 0 aliphatic carbocycles. The lowest BCUT2D eigenvalue weighted by atomic mass is 9.99. The van der Waals surface area contributed by atoms with Gasteiger partial charge in [-0.3, -0.25) is 0 Å². The third-order valence-corrected chi connectivity index (χ3v) is 3.52. The van der Waals surface area contributed by atoms with E-state index in [-0.39, 0.29) is 6.04 Å². The number of rotatable bonds is 3. The number of hydrogen-bond donors (Lipinski definition) is 1. The first-order chi connectivity index (χ1) is 8.08. The van der Waals surface area contributed by atoms with Crippen LogP contribution in [0.25, 0.3) is 0 Å². The van der Waals surface area contributed by atoms with E-state index in [1.165, 1.54) is 4.80 Å². The van der Waals surface area contributed by atoms with Crippen LogP contribution in [0.1, 0.15) is 23.0 Å². The molecule has 0 aliphatic heterocycles. The standard InChI is InChI=1S/C11H14BrN5/c1-7-8(4-3-5-9(7)12)10(13)6-11-14-16-17(2)15-11/h3-5,10H,6,13H2,1-2H3. The molecular weight excluding hydrogens is 282 g/mol. The van der Waals surface area contributed by atoms with E-state index >= 15 is 0 Å². The predicted molar refractivity (Wildman–Crippen MR) is 68.3 cm³/mol. The number of hydrogen-bond acceptors (Lipinski definition) is 4. The van der Waals surface area contributed by atoms with Crippen LogP contribution in [0.15, 0.2) is 22.7 Å². The zero-order valence-corrected chi connectivity index (χ0v) is 11.3. The lowest BCUT2D eigenvalue weighted by Gasteiger charge is -2.13. The third kappa shape index (κ3) is 2.70. The maximum absolute atomic E-state index is 6.17. The van der Waals surface area contributed by atoms with Crippen LogP contribution in [0, 0.1) is 6.92 Å². The highest BCUT2D eigenvalue weighted by Gasteiger charge is 2.13. The fraction of sp³-hybridized carbons (Fsp3) is 0.364. The minimum Gasteiger partial charge on any atom is -0.324 e. The molecule has 2 N–H and O–H groups in total. The first kappa shape index (κ1) is 12.2. The van der Waals surface area contributed by atoms with Crippen molar-refractivity contribution in [3.05, 3.63) is 39.6 Å². The van der Waals surface area contributed by atoms with Crippen molar-refractivity contribution in [3.8, 4) is 0 Å². The van der Waals surface area contributed by atoms with Gasteiger partial charge in [0.05, 0.1) is 7.05 Å². The highest BCUT2D eigenvalue weighted by Crippen LogP contribution is 2.24. The molecule has 0 amide bonds. The van der Waals surface area contributed by atoms with Crippen LogP contribution < -0.4 is 5.73 Å². The van der Waals surface area contributed by atoms with Crippen LogP contribution in [0.3, 0.4) is 0 Å². The molecule has 0 fully saturated rings. The fourth-order valence-corrected chi connectivity index (χ4v) is 2.12. The van der Waals surface area contributed by atoms with Crippen molar-refractivity contribution in [3.63, 3.8) is 0 Å². The van der Waals surface area contributed by atoms with E-state index in [0.717, 1.165) is 15.6 Å². The van der Waals surface area contributed by atoms with Gasteiger partial charge in [-0.1, -0.05) is 28.1 Å². The fourth-order valence-electron chi connectivity index (χ4n) is 1.74. The van der Waals surface area contributed by atoms with Crippen molar-refractivity contribution in [2.24, 2.45) is 12.8 Å². The molecule has 1 unspecified atom stereocenters. The summed E-state index contributed by atoms with van der Waals surface area (Å²) in [5.41, 5.74) is 8.43. The molecule has 0 bridgehead atoms. The van der Waals surface area contributed by atoms with Crippen molar-refractivity contribution in [1.82, 2.24) is 20.2 Å². The van der Waals surface area contributed by atoms with Gasteiger partial charge in [0.25, 0.3) is 0 Å². The molecule has 6 heteroatoms. The Hall–Kier alpha value is -1.27. The Morgan fingerprint density at radius 2 is 2.24 bits per heavy atom. The topological polar surface area (TPSA) is 69.6 Å². The Morgan fingerprint density at radius 3 is 2.88 bits per heavy atom. The minimum absolute atomic E-state index is 0.114. The molecular formula is C11H14BrN5. The van der Waals surface area contributed by atoms with Crippen molar-refractivity contribution >= 4 is 15.9 Å². The highest BCUT2D eigenvalue weighted by molar-refractivity contribution is 9.10. The third-order valence-electron chi connectivity index (χ3n) is 2.66. The summed E-state index contributed by atoms with van der Waals surface area (Å²) >= 11 is 3.50. The number of nitrogens with two attached hydrogens (primary N) is 1. The number of aromatic nitrogens is 4. The number of benzene rings is 1. The first-order valence-electron chi connectivity index (χ1n) is 5.31. The molecule has 17 heavy (non-hydrogen) atoms. The number of halogens is 1. The molecule has 0 aliphatic rings. The molecule has 1 atom stereocenters. The molecule has 5 nitrogen and oxygen atoms in total. The predicted octanol–water partition coefficient (Wildman–Crippen LogP) is 1.52. The molecule has 0 radical (unpaired) electrons. The number of nitrogens with zero attached hydrogens (tertiary/aromatic N) is 4. The van der Waals surface area contributed by atoms with Crippen LogP contribution >= 0.6 is 15.9 Å². The summed E-state index contributed by atoms with van der Waals surface area (Å²) in [4.78, 5) is 1.44. The summed E-state index contributed by atoms with van der Waals surface area (Å²) in [6, 6.07) is 5.90. The van der Waals surface area contributed by atoms with Gasteiger partial charge in [0, 0.05) is 16.9 Å². The summed E-state index contributed by atoms with van der Waals surface area (Å²) < 4.78 is 1.07. The second kappa shape index (κ2) is 4.93. The maximum Gasteiger partial charge on any atom is 0.176 e. The number of tetrazole rings is 1. The molecule has 2 aromatic rings. The van der Waals surface area contributed by atoms with Crippen LogP contribution in [0.4, 0.5) is 0 Å². The molecule has 90 valence electrons. The normalized spacial score (nSPS) is 12.7. The van der Waals surface area contributed by atoms with E-state index in [1.807, 2.05) is 25.1 Å². The summed E-state index contributed by atoms with van der Waals surface area (Å²) in [5.74, 6) is 0.666. The molecule has 0 spiro atoms. The summed E-state index contributed by atoms with van der Waals surface area (Å²) in [7, 11) is 1.74. The van der Waals surface area contributed by atoms with Gasteiger partial charge in [-0.05, 0) is 29.3 Å². The summed E-state index contributed by atoms with van der Waals surface area (Å²) in [6.07, 6.45) is 0.588. The summed E-state index contributed by atoms with van der Waals surface area (Å²) in [6.45, 7) is 2.05. The van der Waals surface area contributed by atoms with E-state index in [4.69, 9.17) is 5.73 Å². The van der Waals surface area contributed by atoms with Crippen LogP contribution in [-0.2, 0) is 13.5 Å². The smallest absolute Gasteiger partial charge is 0.176 e. The lowest BCUT2D eigenvalue weighted by Crippen LogP contribution is -2.15. The van der Waals surface area contributed by atoms with Gasteiger partial charge in [0.2, 0.25) is 0 Å². The van der Waals surface area contributed by atoms with E-state index in [1.54, 1.807) is 7.05 Å². The van der Waals surface area contributed by atoms with Gasteiger partial charge in [0.1, 0.15) is 0 Å². The minimum atomic E-state index is -0.114. The Kier molecular flexibility index (Phi) is 3.54. The number of aryl methyl sites for hydroxylation is 1. The molecule has 0 saturated heterocycles. The quantitative estimate of drug-likeness (QED) is 0.932. The summed E-state index contributed by atoms with van der Waals surface area (Å²) in [5, 5.41) is 11.9. The SMILES string of the molecule is Cc1c(Br)cccc1C(N)Cc1nnn(C)n1. The van der Waals surface area contributed by atoms with Gasteiger partial charge in [-0.25, -0.2) is 0 Å². The Labute approximate surface area is 108 Å². The van der Waals surface area contributed by atoms with Gasteiger partial charge in [0.15, 0.2) is 5.82 Å². The van der Waals surface area contributed by atoms with Crippen LogP contribution in [0.2, 0.25) is 0 Å². The van der Waals surface area contributed by atoms with Gasteiger partial charge < -0.3 is 5.73 Å². The van der Waals surface area contributed by atoms with Crippen molar-refractivity contribution in [2.45, 2.75) is 19.4 Å². The second-order valence-electron chi connectivity index (χ2n) is 3.96. The molecule has 0 saturated carbocycles. The van der Waals surface area contributed by atoms with E-state index < -0.39 is 0 Å². The Morgan fingerprint density at radius 1 is 1.47 bits per heavy atom. The lowest BCUT2D eigenvalue weighted by molar-refractivity contribution is 0.622. The van der Waals surface area contributed by atoms with E-state index in [2.05, 4.69) is 31.3 Å². The monoisotopic (exact) mass is 295 g/mol. The van der Waals surface area contributed by atoms with Crippen molar-refractivity contribution in [1.29, 1.82) is 0 Å². The zero-order valence-electron chi connectivity index (χ0n) is 9.76. The average molecular weight is 296 g/mol. The largest absolute Gasteiger partial charge is 0.324 e. The van der Waals surface area contributed by atoms with Gasteiger partial charge >= 0.3 is 0 Å². The maximum atomic E-state index is 6.17. The average Bonchev–Trinajstić information content (AvgIpc) is 2.68. The van der Waals surface area contributed by atoms with E-state index in [0.29, 0.717) is 12.2 Å². The van der Waals surface area contributed by atoms with Crippen LogP contribution in [-0.4, -0.2) is 20.2 Å². The van der Waals surface area contributed by atoms with Crippen molar-refractivity contribution < 1.29 is 0 Å². The molecule has 1 heterocycles. The van der Waals surface area contributed by atoms with E-state index in [9.17, 15) is 0 Å². The second-order valence-corrected chi connectivity index (χ2v) is 4.81. The molecule has 2 rings (SSSR count). The molecule has 1 aromatic carbocycles. The highest BCUT2D eigenvalue weighted by atomic mass is 79.9. The van der Waals surface area contributed by atoms with Crippen LogP contribution in [0.5, 0.6) is 0 Å². The Balaban J connectivity index is 2.20. The van der Waals surface area contributed by atoms with Crippen molar-refractivity contribution in [2.75, 3.05) is 0 Å². The Bertz CT molecular complexity index is 522. The van der Waals surface area contributed by atoms with Gasteiger partial charge in [-0.15, -0.1) is 10.2 Å². The molecule has 1 aromatic heterocycles. The first-order valence-corrected chi connectivity index (χ1v) is 6.10. The zero-order chi connectivity index (χ0) is 12.4. The van der Waals surface area contributed by atoms with Gasteiger partial charge in [-0.2, -0.15) is 4.80 Å².